The summed E-state index contributed by atoms with van der Waals surface area (Å²) in [6, 6.07) is 15.3. The van der Waals surface area contributed by atoms with Crippen LogP contribution in [-0.2, 0) is 19.5 Å². The summed E-state index contributed by atoms with van der Waals surface area (Å²) in [5.74, 6) is 0.973. The van der Waals surface area contributed by atoms with Gasteiger partial charge in [0.1, 0.15) is 5.75 Å². The Balaban J connectivity index is 1.76. The molecule has 0 aliphatic carbocycles. The first kappa shape index (κ1) is 14.2. The van der Waals surface area contributed by atoms with Crippen molar-refractivity contribution >= 4 is 0 Å². The second kappa shape index (κ2) is 6.31. The maximum Gasteiger partial charge on any atom is 0.119 e. The van der Waals surface area contributed by atoms with E-state index < -0.39 is 0 Å². The van der Waals surface area contributed by atoms with E-state index in [4.69, 9.17) is 4.74 Å². The molecule has 2 aromatic carbocycles. The van der Waals surface area contributed by atoms with Crippen LogP contribution in [0.15, 0.2) is 42.5 Å². The summed E-state index contributed by atoms with van der Waals surface area (Å²) in [6.45, 7) is 5.39. The third-order valence-corrected chi connectivity index (χ3v) is 4.22. The molecule has 2 aromatic rings. The Bertz CT molecular complexity index is 621. The summed E-state index contributed by atoms with van der Waals surface area (Å²) in [4.78, 5) is 2.55. The highest BCUT2D eigenvalue weighted by molar-refractivity contribution is 5.36. The largest absolute Gasteiger partial charge is 0.497 e. The first-order valence-electron chi connectivity index (χ1n) is 7.68. The van der Waals surface area contributed by atoms with E-state index in [1.54, 1.807) is 7.11 Å². The van der Waals surface area contributed by atoms with Crippen LogP contribution >= 0.6 is 0 Å². The number of aryl methyl sites for hydroxylation is 2. The minimum atomic E-state index is 0.973. The molecule has 0 N–H and O–H groups in total. The smallest absolute Gasteiger partial charge is 0.119 e. The fraction of sp³-hybridized carbons (Fsp3) is 0.368. The van der Waals surface area contributed by atoms with Gasteiger partial charge in [0, 0.05) is 13.1 Å². The van der Waals surface area contributed by atoms with Gasteiger partial charge >= 0.3 is 0 Å². The molecule has 0 spiro atoms. The first-order chi connectivity index (χ1) is 10.2. The molecule has 1 aliphatic rings. The highest BCUT2D eigenvalue weighted by atomic mass is 16.5. The van der Waals surface area contributed by atoms with E-state index in [2.05, 4.69) is 54.3 Å². The maximum absolute atomic E-state index is 5.34. The van der Waals surface area contributed by atoms with Crippen LogP contribution in [0.5, 0.6) is 5.75 Å². The third-order valence-electron chi connectivity index (χ3n) is 4.22. The van der Waals surface area contributed by atoms with Crippen LogP contribution in [0.3, 0.4) is 0 Å². The highest BCUT2D eigenvalue weighted by Gasteiger charge is 2.15. The average molecular weight is 281 g/mol. The summed E-state index contributed by atoms with van der Waals surface area (Å²) in [6.07, 6.45) is 2.36. The third kappa shape index (κ3) is 3.45. The average Bonchev–Trinajstić information content (AvgIpc) is 2.68. The fourth-order valence-electron chi connectivity index (χ4n) is 3.13. The van der Waals surface area contributed by atoms with Crippen molar-refractivity contribution in [1.82, 2.24) is 4.90 Å². The van der Waals surface area contributed by atoms with Crippen molar-refractivity contribution in [2.24, 2.45) is 0 Å². The number of benzene rings is 2. The number of fused-ring (bicyclic) bond motifs is 1. The Morgan fingerprint density at radius 1 is 1.10 bits per heavy atom. The summed E-state index contributed by atoms with van der Waals surface area (Å²) in [7, 11) is 1.74. The number of methoxy groups -OCH3 is 1. The minimum absolute atomic E-state index is 0.973. The molecule has 3 rings (SSSR count). The summed E-state index contributed by atoms with van der Waals surface area (Å²) < 4.78 is 5.34. The molecule has 2 nitrogen and oxygen atoms in total. The lowest BCUT2D eigenvalue weighted by Gasteiger charge is -2.21. The van der Waals surface area contributed by atoms with Crippen molar-refractivity contribution in [2.75, 3.05) is 13.7 Å². The molecule has 2 heteroatoms. The van der Waals surface area contributed by atoms with Gasteiger partial charge in [0.15, 0.2) is 0 Å². The lowest BCUT2D eigenvalue weighted by molar-refractivity contribution is 0.261. The van der Waals surface area contributed by atoms with Crippen molar-refractivity contribution in [3.05, 3.63) is 64.7 Å². The van der Waals surface area contributed by atoms with Crippen molar-refractivity contribution in [3.63, 3.8) is 0 Å². The molecule has 0 bridgehead atoms. The van der Waals surface area contributed by atoms with Gasteiger partial charge in [-0.2, -0.15) is 0 Å². The van der Waals surface area contributed by atoms with E-state index in [1.807, 2.05) is 0 Å². The minimum Gasteiger partial charge on any atom is -0.497 e. The zero-order valence-electron chi connectivity index (χ0n) is 12.9. The zero-order chi connectivity index (χ0) is 14.7. The van der Waals surface area contributed by atoms with Crippen molar-refractivity contribution in [1.29, 1.82) is 0 Å². The second-order valence-corrected chi connectivity index (χ2v) is 5.94. The van der Waals surface area contributed by atoms with E-state index in [0.29, 0.717) is 0 Å². The van der Waals surface area contributed by atoms with Crippen LogP contribution in [0.1, 0.15) is 28.7 Å². The highest BCUT2D eigenvalue weighted by Crippen LogP contribution is 2.24. The molecule has 0 atom stereocenters. The molecule has 0 saturated heterocycles. The Labute approximate surface area is 127 Å². The molecule has 0 saturated carbocycles. The lowest BCUT2D eigenvalue weighted by Crippen LogP contribution is -2.22. The van der Waals surface area contributed by atoms with Gasteiger partial charge in [0.25, 0.3) is 0 Å². The number of rotatable bonds is 3. The molecule has 1 aliphatic heterocycles. The van der Waals surface area contributed by atoms with Gasteiger partial charge in [0.05, 0.1) is 7.11 Å². The van der Waals surface area contributed by atoms with E-state index in [0.717, 1.165) is 31.8 Å². The van der Waals surface area contributed by atoms with Crippen LogP contribution in [0.25, 0.3) is 0 Å². The first-order valence-corrected chi connectivity index (χ1v) is 7.68. The zero-order valence-corrected chi connectivity index (χ0v) is 12.9. The number of hydrogen-bond donors (Lipinski definition) is 0. The standard InChI is InChI=1S/C19H23NO/c1-15-5-3-6-16(11-15)13-20-10-4-7-17-12-19(21-2)9-8-18(17)14-20/h3,5-6,8-9,11-12H,4,7,10,13-14H2,1-2H3. The number of ether oxygens (including phenoxy) is 1. The van der Waals surface area contributed by atoms with E-state index in [1.165, 1.54) is 28.7 Å². The number of hydrogen-bond acceptors (Lipinski definition) is 2. The van der Waals surface area contributed by atoms with Crippen molar-refractivity contribution in [2.45, 2.75) is 32.9 Å². The molecule has 1 heterocycles. The Hall–Kier alpha value is -1.80. The van der Waals surface area contributed by atoms with Crippen LogP contribution in [0.2, 0.25) is 0 Å². The predicted octanol–water partition coefficient (Wildman–Crippen LogP) is 3.95. The van der Waals surface area contributed by atoms with Gasteiger partial charge in [-0.3, -0.25) is 4.90 Å². The predicted molar refractivity (Wildman–Crippen MR) is 86.6 cm³/mol. The molecular weight excluding hydrogens is 258 g/mol. The monoisotopic (exact) mass is 281 g/mol. The van der Waals surface area contributed by atoms with Crippen LogP contribution in [0.4, 0.5) is 0 Å². The van der Waals surface area contributed by atoms with Gasteiger partial charge in [-0.1, -0.05) is 35.9 Å². The van der Waals surface area contributed by atoms with Crippen LogP contribution in [0, 0.1) is 6.92 Å². The molecule has 0 amide bonds. The van der Waals surface area contributed by atoms with Gasteiger partial charge in [-0.15, -0.1) is 0 Å². The quantitative estimate of drug-likeness (QED) is 0.844. The Morgan fingerprint density at radius 3 is 2.81 bits per heavy atom. The number of nitrogens with zero attached hydrogens (tertiary/aromatic N) is 1. The molecule has 21 heavy (non-hydrogen) atoms. The second-order valence-electron chi connectivity index (χ2n) is 5.94. The lowest BCUT2D eigenvalue weighted by atomic mass is 10.0. The Kier molecular flexibility index (Phi) is 4.26. The molecule has 0 radical (unpaired) electrons. The van der Waals surface area contributed by atoms with Crippen LogP contribution < -0.4 is 4.74 Å². The van der Waals surface area contributed by atoms with Gasteiger partial charge in [-0.05, 0) is 55.1 Å². The maximum atomic E-state index is 5.34. The van der Waals surface area contributed by atoms with E-state index in [-0.39, 0.29) is 0 Å². The molecule has 0 unspecified atom stereocenters. The summed E-state index contributed by atoms with van der Waals surface area (Å²) >= 11 is 0. The van der Waals surface area contributed by atoms with E-state index in [9.17, 15) is 0 Å². The van der Waals surface area contributed by atoms with Crippen molar-refractivity contribution in [3.8, 4) is 5.75 Å². The van der Waals surface area contributed by atoms with Gasteiger partial charge < -0.3 is 4.74 Å². The normalized spacial score (nSPS) is 15.3. The van der Waals surface area contributed by atoms with Crippen molar-refractivity contribution < 1.29 is 4.74 Å². The van der Waals surface area contributed by atoms with E-state index >= 15 is 0 Å². The SMILES string of the molecule is COc1ccc2c(c1)CCCN(Cc1cccc(C)c1)C2. The van der Waals surface area contributed by atoms with Crippen LogP contribution in [-0.4, -0.2) is 18.6 Å². The summed E-state index contributed by atoms with van der Waals surface area (Å²) in [5.41, 5.74) is 5.64. The Morgan fingerprint density at radius 2 is 2.00 bits per heavy atom. The fourth-order valence-corrected chi connectivity index (χ4v) is 3.13. The topological polar surface area (TPSA) is 12.5 Å². The molecule has 0 aromatic heterocycles. The molecular formula is C19H23NO. The molecule has 110 valence electrons. The van der Waals surface area contributed by atoms with Gasteiger partial charge in [-0.25, -0.2) is 0 Å². The summed E-state index contributed by atoms with van der Waals surface area (Å²) in [5, 5.41) is 0. The molecule has 0 fully saturated rings. The van der Waals surface area contributed by atoms with Gasteiger partial charge in [0.2, 0.25) is 0 Å².